The summed E-state index contributed by atoms with van der Waals surface area (Å²) in [7, 11) is -8.58. The molecule has 2 aliphatic heterocycles. The number of ketones is 2. The van der Waals surface area contributed by atoms with Crippen molar-refractivity contribution in [2.24, 2.45) is 38.8 Å². The van der Waals surface area contributed by atoms with Crippen LogP contribution in [0.3, 0.4) is 0 Å². The minimum atomic E-state index is -4.41. The Morgan fingerprint density at radius 1 is 0.649 bits per heavy atom. The van der Waals surface area contributed by atoms with Crippen molar-refractivity contribution in [2.75, 3.05) is 49.1 Å². The lowest BCUT2D eigenvalue weighted by atomic mass is 9.81. The first-order chi connectivity index (χ1) is 53.9. The number of fused-ring (bicyclic) bond motifs is 2. The lowest BCUT2D eigenvalue weighted by Crippen LogP contribution is -2.47. The van der Waals surface area contributed by atoms with Crippen LogP contribution in [-0.2, 0) is 80.6 Å². The molecule has 0 fully saturated rings. The maximum absolute atomic E-state index is 14.5. The van der Waals surface area contributed by atoms with Crippen molar-refractivity contribution in [1.82, 2.24) is 21.3 Å². The second kappa shape index (κ2) is 46.7. The van der Waals surface area contributed by atoms with Crippen molar-refractivity contribution in [1.29, 1.82) is 0 Å². The first-order valence-corrected chi connectivity index (χ1v) is 41.7. The van der Waals surface area contributed by atoms with Crippen molar-refractivity contribution in [3.63, 3.8) is 0 Å². The summed E-state index contributed by atoms with van der Waals surface area (Å²) in [5.41, 5.74) is 29.7. The summed E-state index contributed by atoms with van der Waals surface area (Å²) < 4.78 is 77.1. The molecule has 3 aromatic rings. The average Bonchev–Trinajstić information content (AvgIpc) is 1.60. The molecule has 6 rings (SSSR count). The number of amides is 4. The number of hydrogen-bond acceptors (Lipinski definition) is 19. The number of nitrogens with two attached hydrogens (primary N) is 4. The number of allylic oxidation sites excluding steroid dienone is 7. The maximum atomic E-state index is 14.5. The molecule has 4 amide bonds. The van der Waals surface area contributed by atoms with Crippen LogP contribution in [0.4, 0.5) is 16.2 Å². The summed E-state index contributed by atoms with van der Waals surface area (Å²) in [6.45, 7) is 9.72. The van der Waals surface area contributed by atoms with Crippen molar-refractivity contribution in [3.05, 3.63) is 136 Å². The third kappa shape index (κ3) is 32.2. The molecule has 1 aliphatic carbocycles. The van der Waals surface area contributed by atoms with Crippen molar-refractivity contribution < 1.29 is 98.5 Å². The van der Waals surface area contributed by atoms with Gasteiger partial charge in [-0.15, -0.1) is 0 Å². The van der Waals surface area contributed by atoms with Crippen molar-refractivity contribution in [3.8, 4) is 5.75 Å². The summed E-state index contributed by atoms with van der Waals surface area (Å²) in [6, 6.07) is 18.3. The Bertz CT molecular complexity index is 4330. The number of ether oxygens (including phenoxy) is 1. The van der Waals surface area contributed by atoms with E-state index < -0.39 is 109 Å². The number of Topliss-reactive ketones (excluding diaryl/α,β-unsaturated/α-hetero) is 2. The van der Waals surface area contributed by atoms with Crippen molar-refractivity contribution >= 4 is 103 Å². The van der Waals surface area contributed by atoms with Crippen LogP contribution in [-0.4, -0.2) is 179 Å². The molecule has 0 unspecified atom stereocenters. The van der Waals surface area contributed by atoms with Crippen LogP contribution in [0.15, 0.2) is 130 Å². The molecule has 0 bridgehead atoms. The molecule has 0 radical (unpaired) electrons. The summed E-state index contributed by atoms with van der Waals surface area (Å²) in [6.07, 6.45) is 15.9. The first kappa shape index (κ1) is 94.2. The lowest BCUT2D eigenvalue weighted by Gasteiger charge is -2.28. The summed E-state index contributed by atoms with van der Waals surface area (Å²) in [5, 5.41) is 39.2. The van der Waals surface area contributed by atoms with Crippen LogP contribution in [0.2, 0.25) is 0 Å². The predicted octanol–water partition coefficient (Wildman–Crippen LogP) is 7.52. The molecule has 3 aliphatic rings. The van der Waals surface area contributed by atoms with Gasteiger partial charge in [0.25, 0.3) is 10.1 Å². The van der Waals surface area contributed by atoms with Gasteiger partial charge in [0.2, 0.25) is 17.5 Å². The van der Waals surface area contributed by atoms with E-state index in [1.807, 2.05) is 36.4 Å². The lowest BCUT2D eigenvalue weighted by molar-refractivity contribution is -0.438. The second-order valence-corrected chi connectivity index (χ2v) is 32.6. The van der Waals surface area contributed by atoms with E-state index in [4.69, 9.17) is 42.4 Å². The molecule has 0 aromatic heterocycles. The second-order valence-electron chi connectivity index (χ2n) is 29.5. The highest BCUT2D eigenvalue weighted by Gasteiger charge is 2.45. The number of guanidine groups is 2. The zero-order chi connectivity index (χ0) is 84.2. The molecule has 624 valence electrons. The largest absolute Gasteiger partial charge is 0.748 e. The number of carboxylic acids is 3. The molecule has 32 nitrogen and oxygen atoms in total. The van der Waals surface area contributed by atoms with E-state index in [1.54, 1.807) is 24.3 Å². The van der Waals surface area contributed by atoms with E-state index in [-0.39, 0.29) is 133 Å². The molecular formula is C80H112N12O20S2. The van der Waals surface area contributed by atoms with E-state index in [1.165, 1.54) is 0 Å². The van der Waals surface area contributed by atoms with E-state index in [2.05, 4.69) is 105 Å². The number of nitrogens with zero attached hydrogens (tertiary/aromatic N) is 4. The third-order valence-corrected chi connectivity index (χ3v) is 21.6. The number of carbonyl (C=O) groups excluding carboxylic acids is 7. The Balaban J connectivity index is 0.00000761. The summed E-state index contributed by atoms with van der Waals surface area (Å²) >= 11 is 0. The Morgan fingerprint density at radius 2 is 1.26 bits per heavy atom. The molecule has 0 saturated carbocycles. The van der Waals surface area contributed by atoms with Gasteiger partial charge in [0, 0.05) is 117 Å². The quantitative estimate of drug-likeness (QED) is 0.00854. The Morgan fingerprint density at radius 3 is 1.89 bits per heavy atom. The van der Waals surface area contributed by atoms with E-state index in [9.17, 15) is 74.5 Å². The van der Waals surface area contributed by atoms with Crippen LogP contribution in [0.25, 0.3) is 0 Å². The number of nitrogens with one attached hydrogen (secondary N) is 4. The molecule has 2 heterocycles. The van der Waals surface area contributed by atoms with Gasteiger partial charge in [-0.05, 0) is 156 Å². The van der Waals surface area contributed by atoms with Gasteiger partial charge >= 0.3 is 30.1 Å². The summed E-state index contributed by atoms with van der Waals surface area (Å²) in [4.78, 5) is 129. The van der Waals surface area contributed by atoms with E-state index in [0.29, 0.717) is 81.5 Å². The molecule has 16 N–H and O–H groups in total. The van der Waals surface area contributed by atoms with Crippen LogP contribution in [0.5, 0.6) is 5.75 Å². The van der Waals surface area contributed by atoms with Gasteiger partial charge in [-0.1, -0.05) is 94.1 Å². The van der Waals surface area contributed by atoms with Gasteiger partial charge < -0.3 is 73.7 Å². The molecule has 3 aromatic carbocycles. The number of aliphatic imine (C=N–C) groups is 2. The minimum Gasteiger partial charge on any atom is -0.748 e. The molecule has 4 atom stereocenters. The van der Waals surface area contributed by atoms with Gasteiger partial charge in [0.05, 0.1) is 27.3 Å². The highest BCUT2D eigenvalue weighted by molar-refractivity contribution is 7.85. The monoisotopic (exact) mass is 1620 g/mol. The zero-order valence-corrected chi connectivity index (χ0v) is 67.0. The predicted molar refractivity (Wildman–Crippen MR) is 428 cm³/mol. The maximum Gasteiger partial charge on any atom is 0.373 e. The topological polar surface area (TPSA) is 535 Å². The number of hydrogen-bond donors (Lipinski definition) is 12. The third-order valence-electron chi connectivity index (χ3n) is 20.0. The average molecular weight is 1630 g/mol. The number of benzene rings is 3. The zero-order valence-electron chi connectivity index (χ0n) is 65.4. The fourth-order valence-electron chi connectivity index (χ4n) is 14.1. The molecule has 0 saturated heterocycles. The number of anilines is 1. The first-order valence-electron chi connectivity index (χ1n) is 38.5. The SMILES string of the molecule is CC1(C)C(=CC=C2CCCC(C=CC3=[N+](CCCCS(=O)(=O)O)c4ccccc4C3(C)C)=C2Oc2ccc(C[C@@H](NC(=O)[C@H](CCCN=C(N)N)CC(=O)[C@H](CCCN=C(N)N)NC(=O)CCCCCCCCC(=O)CC[C@@H](NC(=O)NCCCC(=O)O)C(=O)O)C(=O)O)cc2)N(CCCCS(=O)(=O)[O-])c2ccccc21.O=C=O. The molecule has 34 heteroatoms. The van der Waals surface area contributed by atoms with Crippen molar-refractivity contribution in [2.45, 2.75) is 217 Å². The highest BCUT2D eigenvalue weighted by Crippen LogP contribution is 2.48. The van der Waals surface area contributed by atoms with Crippen LogP contribution in [0.1, 0.15) is 198 Å². The number of unbranched alkanes of at least 4 members (excludes halogenated alkanes) is 7. The highest BCUT2D eigenvalue weighted by atomic mass is 32.2. The molecule has 114 heavy (non-hydrogen) atoms. The molecular weight excluding hydrogens is 1510 g/mol. The fourth-order valence-corrected chi connectivity index (χ4v) is 15.2. The Kier molecular flexibility index (Phi) is 38.6. The normalized spacial score (nSPS) is 15.9. The Labute approximate surface area is 666 Å². The fraction of sp³-hybridized carbons (Fsp3) is 0.525. The minimum absolute atomic E-state index is 0.0355. The summed E-state index contributed by atoms with van der Waals surface area (Å²) in [5.74, 6) is -6.77. The number of carboxylic acid groups (broad SMARTS) is 3. The van der Waals surface area contributed by atoms with Gasteiger partial charge in [0.1, 0.15) is 35.9 Å². The number of carbonyl (C=O) groups is 8. The van der Waals surface area contributed by atoms with Crippen LogP contribution < -0.4 is 53.8 Å². The van der Waals surface area contributed by atoms with Crippen LogP contribution in [0, 0.1) is 5.92 Å². The Hall–Kier alpha value is -10.4. The number of para-hydroxylation sites is 2. The van der Waals surface area contributed by atoms with E-state index in [0.717, 1.165) is 64.3 Å². The standard InChI is InChI=1S/C79H112N12O18S2.CO2/c1-78(2)59-27-11-13-30-64(59)90(47-15-17-49-110(103,104)105)67(78)42-36-54-23-19-24-55(37-43-68-79(3,4)60-28-12-14-31-65(60)91(68)48-16-18-50-111(106,107)108)71(54)109-58-39-34-53(35-40-58)51-63(74(100)101)88-72(97)56(25-20-44-84-75(80)81)52-66(93)61(29-21-45-85-76(82)83)87-69(94)32-10-8-6-5-7-9-26-57(92)38-41-62(73(98)99)89-77(102)86-46-22-33-70(95)96;2-1-3/h11-14,27-28,30-31,34-37,39-40,42-43,56,61-63H,5-10,15-26,29,32-33,38,41,44-52H2,1-4H3,(H16-,80,81,82,83,84,85,86,87,88,89,94,95,96,97,98,99,100,101,102,103,104,105,106,107,108);/t56-,61+,62-,63-;/m1./s1. The van der Waals surface area contributed by atoms with Gasteiger partial charge in [-0.2, -0.15) is 22.6 Å². The van der Waals surface area contributed by atoms with Gasteiger partial charge in [-0.3, -0.25) is 38.5 Å². The molecule has 0 spiro atoms. The van der Waals surface area contributed by atoms with Gasteiger partial charge in [0.15, 0.2) is 23.4 Å². The van der Waals surface area contributed by atoms with Crippen LogP contribution >= 0.6 is 0 Å². The number of urea groups is 1. The number of rotatable bonds is 50. The smallest absolute Gasteiger partial charge is 0.373 e. The van der Waals surface area contributed by atoms with E-state index >= 15 is 0 Å². The number of aliphatic carboxylic acids is 3. The van der Waals surface area contributed by atoms with Gasteiger partial charge in [-0.25, -0.2) is 22.8 Å².